The van der Waals surface area contributed by atoms with Gasteiger partial charge < -0.3 is 20.6 Å². The van der Waals surface area contributed by atoms with E-state index in [1.807, 2.05) is 0 Å². The van der Waals surface area contributed by atoms with Crippen LogP contribution in [0, 0.1) is 0 Å². The molecule has 0 bridgehead atoms. The Balaban J connectivity index is 1.73. The molecule has 0 aliphatic carbocycles. The van der Waals surface area contributed by atoms with Gasteiger partial charge in [0.05, 0.1) is 4.91 Å². The molecule has 1 aromatic carbocycles. The molecule has 1 fully saturated rings. The molecule has 8 nitrogen and oxygen atoms in total. The first-order chi connectivity index (χ1) is 14.3. The van der Waals surface area contributed by atoms with Gasteiger partial charge in [-0.15, -0.1) is 0 Å². The average Bonchev–Trinajstić information content (AvgIpc) is 2.94. The van der Waals surface area contributed by atoms with E-state index in [0.717, 1.165) is 18.2 Å². The lowest BCUT2D eigenvalue weighted by atomic mass is 10.1. The third-order valence-corrected chi connectivity index (χ3v) is 5.73. The summed E-state index contributed by atoms with van der Waals surface area (Å²) in [4.78, 5) is 36.6. The number of aliphatic carboxylic acids is 1. The van der Waals surface area contributed by atoms with Crippen molar-refractivity contribution in [3.05, 3.63) is 28.7 Å². The molecule has 1 aromatic rings. The van der Waals surface area contributed by atoms with Crippen LogP contribution >= 0.6 is 24.0 Å². The van der Waals surface area contributed by atoms with Crippen molar-refractivity contribution in [3.8, 4) is 11.5 Å². The first-order valence-electron chi connectivity index (χ1n) is 9.54. The van der Waals surface area contributed by atoms with Crippen molar-refractivity contribution in [2.45, 2.75) is 38.5 Å². The van der Waals surface area contributed by atoms with E-state index in [9.17, 15) is 24.6 Å². The van der Waals surface area contributed by atoms with Crippen LogP contribution in [0.5, 0.6) is 11.5 Å². The van der Waals surface area contributed by atoms with Crippen molar-refractivity contribution >= 4 is 52.2 Å². The van der Waals surface area contributed by atoms with Crippen molar-refractivity contribution in [3.63, 3.8) is 0 Å². The van der Waals surface area contributed by atoms with Crippen LogP contribution in [0.4, 0.5) is 0 Å². The van der Waals surface area contributed by atoms with Crippen LogP contribution < -0.4 is 5.32 Å². The molecule has 1 saturated heterocycles. The molecule has 1 aliphatic rings. The average molecular weight is 453 g/mol. The Bertz CT molecular complexity index is 856. The van der Waals surface area contributed by atoms with Crippen molar-refractivity contribution in [2.24, 2.45) is 0 Å². The number of phenols is 2. The molecule has 2 rings (SSSR count). The van der Waals surface area contributed by atoms with Gasteiger partial charge in [-0.2, -0.15) is 0 Å². The van der Waals surface area contributed by atoms with Gasteiger partial charge in [-0.05, 0) is 37.5 Å². The van der Waals surface area contributed by atoms with Gasteiger partial charge in [0.2, 0.25) is 5.91 Å². The van der Waals surface area contributed by atoms with Crippen LogP contribution in [0.3, 0.4) is 0 Å². The van der Waals surface area contributed by atoms with Crippen molar-refractivity contribution in [1.29, 1.82) is 0 Å². The number of amides is 2. The number of thiocarbonyl (C=S) groups is 1. The molecule has 162 valence electrons. The Morgan fingerprint density at radius 1 is 1.13 bits per heavy atom. The summed E-state index contributed by atoms with van der Waals surface area (Å²) in [7, 11) is 0. The molecule has 0 aromatic heterocycles. The summed E-state index contributed by atoms with van der Waals surface area (Å²) in [5, 5.41) is 30.5. The van der Waals surface area contributed by atoms with Crippen molar-refractivity contribution in [2.75, 3.05) is 13.1 Å². The summed E-state index contributed by atoms with van der Waals surface area (Å²) in [5.41, 5.74) is 0.419. The molecule has 0 saturated carbocycles. The fourth-order valence-electron chi connectivity index (χ4n) is 2.78. The fourth-order valence-corrected chi connectivity index (χ4v) is 4.08. The number of hydrogen-bond donors (Lipinski definition) is 4. The van der Waals surface area contributed by atoms with Gasteiger partial charge in [0, 0.05) is 37.6 Å². The molecule has 2 amide bonds. The third-order valence-electron chi connectivity index (χ3n) is 4.35. The predicted octanol–water partition coefficient (Wildman–Crippen LogP) is 2.84. The summed E-state index contributed by atoms with van der Waals surface area (Å²) >= 11 is 6.44. The Kier molecular flexibility index (Phi) is 9.13. The zero-order chi connectivity index (χ0) is 22.1. The lowest BCUT2D eigenvalue weighted by molar-refractivity contribution is -0.137. The third kappa shape index (κ3) is 7.34. The Hall–Kier alpha value is -2.59. The highest BCUT2D eigenvalue weighted by Gasteiger charge is 2.31. The van der Waals surface area contributed by atoms with E-state index in [1.165, 1.54) is 23.1 Å². The van der Waals surface area contributed by atoms with E-state index in [2.05, 4.69) is 5.32 Å². The van der Waals surface area contributed by atoms with E-state index in [-0.39, 0.29) is 29.7 Å². The molecule has 4 N–H and O–H groups in total. The van der Waals surface area contributed by atoms with Crippen LogP contribution in [0.1, 0.15) is 44.1 Å². The summed E-state index contributed by atoms with van der Waals surface area (Å²) < 4.78 is 0.445. The summed E-state index contributed by atoms with van der Waals surface area (Å²) in [6, 6.07) is 4.15. The molecular weight excluding hydrogens is 428 g/mol. The molecule has 10 heteroatoms. The number of carboxylic acids is 1. The summed E-state index contributed by atoms with van der Waals surface area (Å²) in [5.74, 6) is -1.40. The van der Waals surface area contributed by atoms with Gasteiger partial charge in [0.25, 0.3) is 5.91 Å². The highest BCUT2D eigenvalue weighted by atomic mass is 32.2. The van der Waals surface area contributed by atoms with Crippen molar-refractivity contribution < 1.29 is 29.7 Å². The Morgan fingerprint density at radius 3 is 2.60 bits per heavy atom. The number of nitrogens with one attached hydrogen (secondary N) is 1. The zero-order valence-corrected chi connectivity index (χ0v) is 17.9. The monoisotopic (exact) mass is 452 g/mol. The fraction of sp³-hybridized carbons (Fsp3) is 0.400. The van der Waals surface area contributed by atoms with Gasteiger partial charge in [-0.25, -0.2) is 0 Å². The number of aromatic hydroxyl groups is 2. The van der Waals surface area contributed by atoms with Crippen LogP contribution in [0.15, 0.2) is 23.1 Å². The van der Waals surface area contributed by atoms with Crippen molar-refractivity contribution in [1.82, 2.24) is 10.2 Å². The molecular formula is C20H24N2O6S2. The number of unbranched alkanes of at least 4 members (excludes halogenated alkanes) is 2. The minimum atomic E-state index is -0.880. The SMILES string of the molecule is O=C(O)CCCNC(=O)CCCCCN1C(=O)/C(=C/c2ccc(O)cc2O)SC1=S. The largest absolute Gasteiger partial charge is 0.508 e. The van der Waals surface area contributed by atoms with E-state index >= 15 is 0 Å². The summed E-state index contributed by atoms with van der Waals surface area (Å²) in [6.45, 7) is 0.800. The number of carbonyl (C=O) groups is 3. The minimum Gasteiger partial charge on any atom is -0.508 e. The zero-order valence-electron chi connectivity index (χ0n) is 16.3. The van der Waals surface area contributed by atoms with Gasteiger partial charge in [0.1, 0.15) is 15.8 Å². The standard InChI is InChI=1S/C20H24N2O6S2/c23-14-8-7-13(15(24)12-14)11-16-19(28)22(20(29)30-16)10-3-1-2-5-17(25)21-9-4-6-18(26)27/h7-8,11-12,23-24H,1-6,9-10H2,(H,21,25)(H,26,27)/b16-11-. The number of thioether (sulfide) groups is 1. The molecule has 30 heavy (non-hydrogen) atoms. The molecule has 0 atom stereocenters. The second kappa shape index (κ2) is 11.6. The van der Waals surface area contributed by atoms with Gasteiger partial charge >= 0.3 is 5.97 Å². The van der Waals surface area contributed by atoms with E-state index in [4.69, 9.17) is 17.3 Å². The van der Waals surface area contributed by atoms with E-state index in [1.54, 1.807) is 6.08 Å². The number of rotatable bonds is 11. The van der Waals surface area contributed by atoms with Crippen LogP contribution in [0.25, 0.3) is 6.08 Å². The maximum atomic E-state index is 12.6. The molecule has 1 heterocycles. The molecule has 1 aliphatic heterocycles. The number of carbonyl (C=O) groups excluding carboxylic acids is 2. The molecule has 0 unspecified atom stereocenters. The quantitative estimate of drug-likeness (QED) is 0.229. The Labute approximate surface area is 184 Å². The van der Waals surface area contributed by atoms with E-state index < -0.39 is 5.97 Å². The van der Waals surface area contributed by atoms with Crippen LogP contribution in [-0.4, -0.2) is 55.4 Å². The number of phenolic OH excluding ortho intramolecular Hbond substituents is 2. The number of nitrogens with zero attached hydrogens (tertiary/aromatic N) is 1. The van der Waals surface area contributed by atoms with Crippen LogP contribution in [0.2, 0.25) is 0 Å². The minimum absolute atomic E-state index is 0.0326. The van der Waals surface area contributed by atoms with E-state index in [0.29, 0.717) is 53.6 Å². The predicted molar refractivity (Wildman–Crippen MR) is 118 cm³/mol. The smallest absolute Gasteiger partial charge is 0.303 e. The number of benzene rings is 1. The Morgan fingerprint density at radius 2 is 1.90 bits per heavy atom. The highest BCUT2D eigenvalue weighted by molar-refractivity contribution is 8.26. The second-order valence-corrected chi connectivity index (χ2v) is 8.41. The normalized spacial score (nSPS) is 15.1. The lowest BCUT2D eigenvalue weighted by Crippen LogP contribution is -2.29. The first kappa shape index (κ1) is 23.7. The van der Waals surface area contributed by atoms with Crippen LogP contribution in [-0.2, 0) is 14.4 Å². The van der Waals surface area contributed by atoms with Gasteiger partial charge in [-0.3, -0.25) is 19.3 Å². The van der Waals surface area contributed by atoms with Gasteiger partial charge in [-0.1, -0.05) is 30.4 Å². The molecule has 0 radical (unpaired) electrons. The number of carboxylic acid groups (broad SMARTS) is 1. The lowest BCUT2D eigenvalue weighted by Gasteiger charge is -2.14. The first-order valence-corrected chi connectivity index (χ1v) is 10.8. The molecule has 0 spiro atoms. The summed E-state index contributed by atoms with van der Waals surface area (Å²) in [6.07, 6.45) is 4.44. The van der Waals surface area contributed by atoms with Gasteiger partial charge in [0.15, 0.2) is 0 Å². The maximum absolute atomic E-state index is 12.6. The topological polar surface area (TPSA) is 127 Å². The maximum Gasteiger partial charge on any atom is 0.303 e. The highest BCUT2D eigenvalue weighted by Crippen LogP contribution is 2.34. The second-order valence-electron chi connectivity index (χ2n) is 6.73. The number of hydrogen-bond acceptors (Lipinski definition) is 7.